The predicted octanol–water partition coefficient (Wildman–Crippen LogP) is 3.39. The highest BCUT2D eigenvalue weighted by Gasteiger charge is 2.34. The van der Waals surface area contributed by atoms with Gasteiger partial charge in [-0.2, -0.15) is 0 Å². The zero-order chi connectivity index (χ0) is 18.4. The van der Waals surface area contributed by atoms with Crippen LogP contribution in [0.15, 0.2) is 73.4 Å². The van der Waals surface area contributed by atoms with E-state index in [9.17, 15) is 9.59 Å². The first kappa shape index (κ1) is 18.4. The smallest absolute Gasteiger partial charge is 0.338 e. The SMILES string of the molecule is C=CCOC1(c2ccccc2OC(=O)C(=C)C)C=CC(C(=O)O)C=C1. The van der Waals surface area contributed by atoms with Crippen molar-refractivity contribution in [2.45, 2.75) is 12.5 Å². The van der Waals surface area contributed by atoms with Crippen LogP contribution in [-0.4, -0.2) is 23.7 Å². The van der Waals surface area contributed by atoms with Crippen LogP contribution in [0.2, 0.25) is 0 Å². The number of carboxylic acid groups (broad SMARTS) is 1. The zero-order valence-electron chi connectivity index (χ0n) is 14.0. The molecule has 5 nitrogen and oxygen atoms in total. The highest BCUT2D eigenvalue weighted by Crippen LogP contribution is 2.39. The molecule has 0 unspecified atom stereocenters. The fourth-order valence-corrected chi connectivity index (χ4v) is 2.39. The second kappa shape index (κ2) is 7.77. The summed E-state index contributed by atoms with van der Waals surface area (Å²) in [6.07, 6.45) is 7.99. The van der Waals surface area contributed by atoms with Crippen molar-refractivity contribution in [1.29, 1.82) is 0 Å². The largest absolute Gasteiger partial charge is 0.481 e. The van der Waals surface area contributed by atoms with Crippen LogP contribution >= 0.6 is 0 Å². The number of carboxylic acids is 1. The summed E-state index contributed by atoms with van der Waals surface area (Å²) < 4.78 is 11.3. The molecule has 0 heterocycles. The zero-order valence-corrected chi connectivity index (χ0v) is 14.0. The molecule has 1 aliphatic rings. The normalized spacial score (nSPS) is 21.6. The number of para-hydroxylation sites is 1. The van der Waals surface area contributed by atoms with E-state index in [1.165, 1.54) is 0 Å². The van der Waals surface area contributed by atoms with Gasteiger partial charge in [0.2, 0.25) is 0 Å². The topological polar surface area (TPSA) is 72.8 Å². The van der Waals surface area contributed by atoms with E-state index < -0.39 is 23.5 Å². The first-order valence-corrected chi connectivity index (χ1v) is 7.73. The first-order valence-electron chi connectivity index (χ1n) is 7.73. The molecule has 0 spiro atoms. The van der Waals surface area contributed by atoms with Gasteiger partial charge in [0.1, 0.15) is 11.4 Å². The van der Waals surface area contributed by atoms with Gasteiger partial charge in [0.15, 0.2) is 0 Å². The molecule has 0 aliphatic heterocycles. The summed E-state index contributed by atoms with van der Waals surface area (Å²) >= 11 is 0. The number of ether oxygens (including phenoxy) is 2. The molecule has 0 fully saturated rings. The maximum Gasteiger partial charge on any atom is 0.338 e. The van der Waals surface area contributed by atoms with Crippen molar-refractivity contribution in [3.63, 3.8) is 0 Å². The van der Waals surface area contributed by atoms with Crippen molar-refractivity contribution in [3.05, 3.63) is 78.9 Å². The maximum atomic E-state index is 11.9. The minimum Gasteiger partial charge on any atom is -0.481 e. The van der Waals surface area contributed by atoms with E-state index in [2.05, 4.69) is 13.2 Å². The molecule has 1 N–H and O–H groups in total. The molecule has 130 valence electrons. The fourth-order valence-electron chi connectivity index (χ4n) is 2.39. The molecule has 1 aromatic carbocycles. The highest BCUT2D eigenvalue weighted by atomic mass is 16.5. The van der Waals surface area contributed by atoms with Crippen molar-refractivity contribution in [3.8, 4) is 5.75 Å². The lowest BCUT2D eigenvalue weighted by Crippen LogP contribution is -2.30. The second-order valence-electron chi connectivity index (χ2n) is 5.64. The first-order chi connectivity index (χ1) is 11.9. The van der Waals surface area contributed by atoms with E-state index in [4.69, 9.17) is 14.6 Å². The Morgan fingerprint density at radius 3 is 2.48 bits per heavy atom. The summed E-state index contributed by atoms with van der Waals surface area (Å²) in [5, 5.41) is 9.15. The Morgan fingerprint density at radius 2 is 1.92 bits per heavy atom. The Kier molecular flexibility index (Phi) is 5.72. The predicted molar refractivity (Wildman–Crippen MR) is 94.1 cm³/mol. The third kappa shape index (κ3) is 4.14. The second-order valence-corrected chi connectivity index (χ2v) is 5.64. The van der Waals surface area contributed by atoms with Gasteiger partial charge in [-0.25, -0.2) is 4.79 Å². The van der Waals surface area contributed by atoms with Crippen LogP contribution in [0.4, 0.5) is 0 Å². The fraction of sp³-hybridized carbons (Fsp3) is 0.200. The van der Waals surface area contributed by atoms with Crippen LogP contribution in [-0.2, 0) is 19.9 Å². The molecule has 0 saturated carbocycles. The monoisotopic (exact) mass is 340 g/mol. The van der Waals surface area contributed by atoms with Crippen molar-refractivity contribution < 1.29 is 24.2 Å². The van der Waals surface area contributed by atoms with Crippen molar-refractivity contribution in [1.82, 2.24) is 0 Å². The molecule has 1 aromatic rings. The van der Waals surface area contributed by atoms with Crippen LogP contribution < -0.4 is 4.74 Å². The van der Waals surface area contributed by atoms with Crippen molar-refractivity contribution in [2.24, 2.45) is 5.92 Å². The lowest BCUT2D eigenvalue weighted by Gasteiger charge is -2.32. The average molecular weight is 340 g/mol. The lowest BCUT2D eigenvalue weighted by atomic mass is 9.85. The molecule has 25 heavy (non-hydrogen) atoms. The molecule has 1 aliphatic carbocycles. The summed E-state index contributed by atoms with van der Waals surface area (Å²) in [4.78, 5) is 23.1. The van der Waals surface area contributed by atoms with Gasteiger partial charge >= 0.3 is 11.9 Å². The van der Waals surface area contributed by atoms with E-state index in [0.717, 1.165) is 0 Å². The summed E-state index contributed by atoms with van der Waals surface area (Å²) in [5.74, 6) is -1.90. The van der Waals surface area contributed by atoms with Gasteiger partial charge in [0, 0.05) is 11.1 Å². The molecule has 0 bridgehead atoms. The lowest BCUT2D eigenvalue weighted by molar-refractivity contribution is -0.138. The van der Waals surface area contributed by atoms with Crippen LogP contribution in [0.1, 0.15) is 12.5 Å². The quantitative estimate of drug-likeness (QED) is 0.356. The molecule has 0 amide bonds. The van der Waals surface area contributed by atoms with Gasteiger partial charge in [0.05, 0.1) is 12.5 Å². The summed E-state index contributed by atoms with van der Waals surface area (Å²) in [7, 11) is 0. The summed E-state index contributed by atoms with van der Waals surface area (Å²) in [5.41, 5.74) is -0.189. The number of aliphatic carboxylic acids is 1. The van der Waals surface area contributed by atoms with Gasteiger partial charge in [-0.3, -0.25) is 4.79 Å². The molecular weight excluding hydrogens is 320 g/mol. The van der Waals surface area contributed by atoms with Crippen LogP contribution in [0.25, 0.3) is 0 Å². The molecule has 0 radical (unpaired) electrons. The van der Waals surface area contributed by atoms with Crippen LogP contribution in [0.3, 0.4) is 0 Å². The summed E-state index contributed by atoms with van der Waals surface area (Å²) in [6, 6.07) is 6.94. The highest BCUT2D eigenvalue weighted by molar-refractivity contribution is 5.89. The molecule has 0 atom stereocenters. The number of rotatable bonds is 7. The maximum absolute atomic E-state index is 11.9. The Hall–Kier alpha value is -2.92. The van der Waals surface area contributed by atoms with Gasteiger partial charge in [-0.15, -0.1) is 6.58 Å². The van der Waals surface area contributed by atoms with E-state index >= 15 is 0 Å². The number of hydrogen-bond donors (Lipinski definition) is 1. The standard InChI is InChI=1S/C20H20O5/c1-4-13-24-20(11-9-15(10-12-20)18(21)22)16-7-5-6-8-17(16)25-19(23)14(2)3/h4-12,15H,1-2,13H2,3H3,(H,21,22). The Labute approximate surface area is 146 Å². The minimum absolute atomic E-state index is 0.231. The molecule has 2 rings (SSSR count). The van der Waals surface area contributed by atoms with E-state index in [0.29, 0.717) is 11.3 Å². The number of hydrogen-bond acceptors (Lipinski definition) is 4. The van der Waals surface area contributed by atoms with Crippen molar-refractivity contribution in [2.75, 3.05) is 6.61 Å². The van der Waals surface area contributed by atoms with E-state index in [-0.39, 0.29) is 12.2 Å². The molecule has 5 heteroatoms. The van der Waals surface area contributed by atoms with Gasteiger partial charge in [-0.05, 0) is 25.1 Å². The minimum atomic E-state index is -1.05. The molecular formula is C20H20O5. The van der Waals surface area contributed by atoms with Crippen LogP contribution in [0.5, 0.6) is 5.75 Å². The van der Waals surface area contributed by atoms with E-state index in [1.807, 2.05) is 0 Å². The third-order valence-electron chi connectivity index (χ3n) is 3.69. The van der Waals surface area contributed by atoms with Gasteiger partial charge < -0.3 is 14.6 Å². The van der Waals surface area contributed by atoms with Gasteiger partial charge in [0.25, 0.3) is 0 Å². The number of benzene rings is 1. The molecule has 0 saturated heterocycles. The number of esters is 1. The van der Waals surface area contributed by atoms with E-state index in [1.54, 1.807) is 61.6 Å². The van der Waals surface area contributed by atoms with Crippen molar-refractivity contribution >= 4 is 11.9 Å². The third-order valence-corrected chi connectivity index (χ3v) is 3.69. The Bertz CT molecular complexity index is 743. The number of carbonyl (C=O) groups excluding carboxylic acids is 1. The summed E-state index contributed by atoms with van der Waals surface area (Å²) in [6.45, 7) is 9.01. The average Bonchev–Trinajstić information content (AvgIpc) is 2.60. The number of carbonyl (C=O) groups is 2. The van der Waals surface area contributed by atoms with Crippen LogP contribution in [0, 0.1) is 5.92 Å². The molecule has 0 aromatic heterocycles. The Morgan fingerprint density at radius 1 is 1.28 bits per heavy atom. The van der Waals surface area contributed by atoms with Gasteiger partial charge in [-0.1, -0.05) is 43.0 Å². The Balaban J connectivity index is 2.46.